The van der Waals surface area contributed by atoms with Crippen LogP contribution in [0.2, 0.25) is 0 Å². The van der Waals surface area contributed by atoms with Gasteiger partial charge in [0.25, 0.3) is 0 Å². The number of carbonyl (C=O) groups is 11. The molecule has 1 aliphatic rings. The second-order valence-corrected chi connectivity index (χ2v) is 26.6. The molecule has 0 aromatic rings. The van der Waals surface area contributed by atoms with Gasteiger partial charge in [-0.05, 0) is 95.3 Å². The zero-order valence-electron chi connectivity index (χ0n) is 56.6. The SMILES string of the molecule is CC[C@@H]1NC(=O)[C@H]([C@H](O)[C@H](C)C/C=C/CO)N(C)C(=O)[C@H](C(C)C)N(C)C(=O)[C@H](CC(C)C)N(C)C(=O)[C@H](CC(C)(C)O)N(C)C(=O)[C@@H](C)NC(=O)[C@H](C)NC(=O)[C@H](CC(C)C)N(C)C(=O)[C@H](C(C)C)NC(=O)[C@H](CC(C)C)N(C)C(=O)CN(C)C1=O. The molecule has 1 rings (SSSR count). The summed E-state index contributed by atoms with van der Waals surface area (Å²) in [5.41, 5.74) is -1.57. The van der Waals surface area contributed by atoms with Crippen molar-refractivity contribution >= 4 is 65.0 Å². The Kier molecular flexibility index (Phi) is 31.8. The van der Waals surface area contributed by atoms with Gasteiger partial charge in [-0.1, -0.05) is 95.2 Å². The Bertz CT molecular complexity index is 2390. The van der Waals surface area contributed by atoms with Gasteiger partial charge in [0.2, 0.25) is 65.0 Å². The molecule has 0 aromatic carbocycles. The molecule has 0 bridgehead atoms. The number of hydrogen-bond acceptors (Lipinski definition) is 14. The zero-order chi connectivity index (χ0) is 67.6. The Balaban J connectivity index is 4.37. The summed E-state index contributed by atoms with van der Waals surface area (Å²) in [6.07, 6.45) is 1.56. The van der Waals surface area contributed by atoms with Gasteiger partial charge in [-0.25, -0.2) is 0 Å². The maximum atomic E-state index is 15.2. The molecule has 11 amide bonds. The van der Waals surface area contributed by atoms with Crippen molar-refractivity contribution in [1.29, 1.82) is 0 Å². The van der Waals surface area contributed by atoms with Crippen LogP contribution < -0.4 is 21.3 Å². The zero-order valence-corrected chi connectivity index (χ0v) is 56.6. The molecule has 1 aliphatic heterocycles. The van der Waals surface area contributed by atoms with Crippen LogP contribution in [-0.4, -0.2) is 249 Å². The maximum Gasteiger partial charge on any atom is 0.246 e. The van der Waals surface area contributed by atoms with Gasteiger partial charge < -0.3 is 70.9 Å². The van der Waals surface area contributed by atoms with Gasteiger partial charge in [-0.3, -0.25) is 52.7 Å². The molecule has 0 aromatic heterocycles. The second-order valence-electron chi connectivity index (χ2n) is 26.6. The third kappa shape index (κ3) is 22.7. The third-order valence-electron chi connectivity index (χ3n) is 16.1. The van der Waals surface area contributed by atoms with Gasteiger partial charge in [0.05, 0.1) is 24.9 Å². The maximum absolute atomic E-state index is 15.2. The topological polar surface area (TPSA) is 319 Å². The smallest absolute Gasteiger partial charge is 0.246 e. The number of aliphatic hydroxyl groups excluding tert-OH is 2. The fourth-order valence-electron chi connectivity index (χ4n) is 10.7. The highest BCUT2D eigenvalue weighted by Gasteiger charge is 2.46. The summed E-state index contributed by atoms with van der Waals surface area (Å²) in [5.74, 6) is -10.7. The standard InChI is InChI=1S/C62H111N11O14/c1-24-42-57(82)67(17)33-47(75)68(18)43(29-34(2)3)54(79)66-48(37(8)9)60(85)69(19)44(30-35(4)5)53(78)63-40(13)52(77)64-41(14)56(81)71(21)46(32-62(15,16)87)59(84)70(20)45(31-36(6)7)58(83)72(22)49(38(10)11)61(86)73(23)50(55(80)65-42)51(76)39(12)27-25-26-28-74/h25-26,34-46,48-51,74,76,87H,24,27-33H2,1-23H3,(H,63,78)(H,64,77)(H,65,80)(H,66,79)/b26-25+/t39-,40+,41-,42+,43+,44+,45+,46+,48+,49+,50+,51-/m1/s1. The number of likely N-dealkylation sites (N-methyl/N-ethyl adjacent to an activating group) is 7. The van der Waals surface area contributed by atoms with E-state index in [2.05, 4.69) is 21.3 Å². The van der Waals surface area contributed by atoms with Gasteiger partial charge in [-0.2, -0.15) is 0 Å². The van der Waals surface area contributed by atoms with E-state index in [1.54, 1.807) is 47.6 Å². The highest BCUT2D eigenvalue weighted by Crippen LogP contribution is 2.26. The van der Waals surface area contributed by atoms with E-state index in [0.717, 1.165) is 14.7 Å². The van der Waals surface area contributed by atoms with Crippen molar-refractivity contribution in [2.45, 2.75) is 221 Å². The van der Waals surface area contributed by atoms with Gasteiger partial charge in [0, 0.05) is 55.8 Å². The van der Waals surface area contributed by atoms with Gasteiger partial charge in [0.15, 0.2) is 0 Å². The van der Waals surface area contributed by atoms with Gasteiger partial charge in [-0.15, -0.1) is 0 Å². The van der Waals surface area contributed by atoms with Crippen LogP contribution in [0.5, 0.6) is 0 Å². The van der Waals surface area contributed by atoms with Crippen molar-refractivity contribution < 1.29 is 68.1 Å². The highest BCUT2D eigenvalue weighted by atomic mass is 16.3. The first kappa shape index (κ1) is 78.8. The molecule has 25 nitrogen and oxygen atoms in total. The number of carbonyl (C=O) groups excluding carboxylic acids is 11. The number of nitrogens with one attached hydrogen (secondary N) is 4. The molecule has 1 saturated heterocycles. The number of aliphatic hydroxyl groups is 3. The predicted molar refractivity (Wildman–Crippen MR) is 331 cm³/mol. The van der Waals surface area contributed by atoms with Crippen LogP contribution in [0.1, 0.15) is 149 Å². The highest BCUT2D eigenvalue weighted by molar-refractivity contribution is 5.99. The minimum Gasteiger partial charge on any atom is -0.392 e. The molecule has 498 valence electrons. The van der Waals surface area contributed by atoms with E-state index in [1.165, 1.54) is 103 Å². The molecule has 25 heteroatoms. The average molecular weight is 1230 g/mol. The number of nitrogens with zero attached hydrogens (tertiary/aromatic N) is 7. The molecule has 7 N–H and O–H groups in total. The van der Waals surface area contributed by atoms with Crippen LogP contribution in [0, 0.1) is 35.5 Å². The second kappa shape index (κ2) is 35.1. The Hall–Kier alpha value is -6.21. The Morgan fingerprint density at radius 1 is 0.506 bits per heavy atom. The lowest BCUT2D eigenvalue weighted by Crippen LogP contribution is -2.63. The van der Waals surface area contributed by atoms with E-state index in [-0.39, 0.29) is 62.9 Å². The lowest BCUT2D eigenvalue weighted by atomic mass is 9.91. The molecule has 0 saturated carbocycles. The van der Waals surface area contributed by atoms with E-state index in [1.807, 2.05) is 41.5 Å². The molecule has 87 heavy (non-hydrogen) atoms. The normalized spacial score (nSPS) is 26.7. The van der Waals surface area contributed by atoms with Crippen molar-refractivity contribution in [3.05, 3.63) is 12.2 Å². The van der Waals surface area contributed by atoms with E-state index >= 15 is 9.59 Å². The lowest BCUT2D eigenvalue weighted by molar-refractivity contribution is -0.158. The quantitative estimate of drug-likeness (QED) is 0.107. The van der Waals surface area contributed by atoms with Crippen molar-refractivity contribution in [2.24, 2.45) is 35.5 Å². The van der Waals surface area contributed by atoms with Crippen LogP contribution in [0.15, 0.2) is 12.2 Å². The van der Waals surface area contributed by atoms with E-state index in [0.29, 0.717) is 0 Å². The molecule has 12 atom stereocenters. The molecule has 1 heterocycles. The van der Waals surface area contributed by atoms with Crippen molar-refractivity contribution in [3.63, 3.8) is 0 Å². The minimum atomic E-state index is -1.70. The van der Waals surface area contributed by atoms with Crippen LogP contribution in [-0.2, 0) is 52.7 Å². The fourth-order valence-corrected chi connectivity index (χ4v) is 10.7. The molecule has 0 aliphatic carbocycles. The van der Waals surface area contributed by atoms with E-state index in [9.17, 15) is 58.5 Å². The summed E-state index contributed by atoms with van der Waals surface area (Å²) in [6, 6.07) is -13.2. The van der Waals surface area contributed by atoms with E-state index in [4.69, 9.17) is 0 Å². The van der Waals surface area contributed by atoms with Crippen molar-refractivity contribution in [2.75, 3.05) is 62.5 Å². The summed E-state index contributed by atoms with van der Waals surface area (Å²) in [4.78, 5) is 168. The number of rotatable bonds is 16. The van der Waals surface area contributed by atoms with Crippen LogP contribution in [0.3, 0.4) is 0 Å². The number of amides is 11. The van der Waals surface area contributed by atoms with Crippen molar-refractivity contribution in [1.82, 2.24) is 55.6 Å². The summed E-state index contributed by atoms with van der Waals surface area (Å²) in [5, 5.41) is 43.6. The Morgan fingerprint density at radius 3 is 1.43 bits per heavy atom. The molecule has 0 radical (unpaired) electrons. The van der Waals surface area contributed by atoms with Crippen LogP contribution in [0.4, 0.5) is 0 Å². The van der Waals surface area contributed by atoms with Crippen LogP contribution in [0.25, 0.3) is 0 Å². The molecule has 0 spiro atoms. The summed E-state index contributed by atoms with van der Waals surface area (Å²) in [7, 11) is 9.52. The first-order valence-corrected chi connectivity index (χ1v) is 30.7. The minimum absolute atomic E-state index is 0.0195. The summed E-state index contributed by atoms with van der Waals surface area (Å²) in [6.45, 7) is 25.8. The van der Waals surface area contributed by atoms with Gasteiger partial charge in [0.1, 0.15) is 60.4 Å². The monoisotopic (exact) mass is 1230 g/mol. The Morgan fingerprint density at radius 2 is 0.954 bits per heavy atom. The molecular weight excluding hydrogens is 1120 g/mol. The summed E-state index contributed by atoms with van der Waals surface area (Å²) >= 11 is 0. The fraction of sp³-hybridized carbons (Fsp3) is 0.790. The average Bonchev–Trinajstić information content (AvgIpc) is 1.58. The predicted octanol–water partition coefficient (Wildman–Crippen LogP) is 1.36. The lowest BCUT2D eigenvalue weighted by Gasteiger charge is -2.42. The number of hydrogen-bond donors (Lipinski definition) is 7. The molecule has 1 fully saturated rings. The van der Waals surface area contributed by atoms with Gasteiger partial charge >= 0.3 is 0 Å². The summed E-state index contributed by atoms with van der Waals surface area (Å²) < 4.78 is 0. The first-order valence-electron chi connectivity index (χ1n) is 30.7. The van der Waals surface area contributed by atoms with Crippen LogP contribution >= 0.6 is 0 Å². The third-order valence-corrected chi connectivity index (χ3v) is 16.1. The first-order chi connectivity index (χ1) is 40.0. The molecule has 0 unspecified atom stereocenters. The Labute approximate surface area is 518 Å². The number of allylic oxidation sites excluding steroid dienone is 1. The van der Waals surface area contributed by atoms with Crippen molar-refractivity contribution in [3.8, 4) is 0 Å². The van der Waals surface area contributed by atoms with E-state index < -0.39 is 161 Å². The molecular formula is C62H111N11O14. The largest absolute Gasteiger partial charge is 0.392 e.